The lowest BCUT2D eigenvalue weighted by molar-refractivity contribution is -0.139. The summed E-state index contributed by atoms with van der Waals surface area (Å²) in [5.74, 6) is -0.709. The van der Waals surface area contributed by atoms with Gasteiger partial charge in [-0.05, 0) is 24.6 Å². The third-order valence-corrected chi connectivity index (χ3v) is 3.23. The molecule has 4 nitrogen and oxygen atoms in total. The highest BCUT2D eigenvalue weighted by molar-refractivity contribution is 6.32. The van der Waals surface area contributed by atoms with E-state index in [0.29, 0.717) is 14.8 Å². The first-order chi connectivity index (χ1) is 9.19. The van der Waals surface area contributed by atoms with Crippen LogP contribution in [0.3, 0.4) is 0 Å². The van der Waals surface area contributed by atoms with Crippen molar-refractivity contribution < 1.29 is 22.8 Å². The van der Waals surface area contributed by atoms with E-state index in [4.69, 9.17) is 11.6 Å². The Morgan fingerprint density at radius 3 is 2.50 bits per heavy atom. The molecule has 0 unspecified atom stereocenters. The van der Waals surface area contributed by atoms with Gasteiger partial charge in [0.05, 0.1) is 5.69 Å². The number of hydrogen-bond acceptors (Lipinski definition) is 2. The van der Waals surface area contributed by atoms with Crippen LogP contribution in [0.15, 0.2) is 18.2 Å². The van der Waals surface area contributed by atoms with Gasteiger partial charge in [0.1, 0.15) is 13.1 Å². The molecule has 0 aromatic heterocycles. The fraction of sp³-hybridized carbons (Fsp3) is 0.333. The Morgan fingerprint density at radius 1 is 1.30 bits per heavy atom. The molecule has 8 heteroatoms. The largest absolute Gasteiger partial charge is 0.406 e. The summed E-state index contributed by atoms with van der Waals surface area (Å²) in [7, 11) is 0. The van der Waals surface area contributed by atoms with Crippen LogP contribution in [0.5, 0.6) is 0 Å². The fourth-order valence-corrected chi connectivity index (χ4v) is 2.04. The summed E-state index contributed by atoms with van der Waals surface area (Å²) in [4.78, 5) is 24.8. The first kappa shape index (κ1) is 14.6. The number of aryl methyl sites for hydroxylation is 1. The number of halogens is 4. The van der Waals surface area contributed by atoms with Crippen molar-refractivity contribution in [2.24, 2.45) is 0 Å². The van der Waals surface area contributed by atoms with Gasteiger partial charge in [-0.2, -0.15) is 13.2 Å². The number of urea groups is 1. The number of rotatable bonds is 2. The minimum absolute atomic E-state index is 0.167. The standard InChI is InChI=1S/C12H10ClF3N2O2/c1-7-2-3-8(4-9(7)13)18-10(19)5-17(11(18)20)6-12(14,15)16/h2-4H,5-6H2,1H3. The molecular formula is C12H10ClF3N2O2. The molecule has 0 bridgehead atoms. The zero-order chi connectivity index (χ0) is 15.1. The number of hydrogen-bond donors (Lipinski definition) is 0. The summed E-state index contributed by atoms with van der Waals surface area (Å²) in [5, 5.41) is 0.331. The summed E-state index contributed by atoms with van der Waals surface area (Å²) >= 11 is 5.89. The van der Waals surface area contributed by atoms with Gasteiger partial charge in [-0.3, -0.25) is 4.79 Å². The van der Waals surface area contributed by atoms with E-state index in [-0.39, 0.29) is 5.69 Å². The lowest BCUT2D eigenvalue weighted by atomic mass is 10.2. The average molecular weight is 307 g/mol. The Bertz CT molecular complexity index is 574. The summed E-state index contributed by atoms with van der Waals surface area (Å²) in [6, 6.07) is 3.44. The van der Waals surface area contributed by atoms with Gasteiger partial charge in [0.25, 0.3) is 5.91 Å². The van der Waals surface area contributed by atoms with Crippen LogP contribution < -0.4 is 4.90 Å². The monoisotopic (exact) mass is 306 g/mol. The van der Waals surface area contributed by atoms with Gasteiger partial charge in [0.15, 0.2) is 0 Å². The molecule has 2 rings (SSSR count). The molecule has 0 radical (unpaired) electrons. The van der Waals surface area contributed by atoms with Crippen LogP contribution in [0.2, 0.25) is 5.02 Å². The maximum atomic E-state index is 12.3. The Kier molecular flexibility index (Phi) is 3.64. The minimum Gasteiger partial charge on any atom is -0.306 e. The van der Waals surface area contributed by atoms with E-state index in [2.05, 4.69) is 0 Å². The average Bonchev–Trinajstić information content (AvgIpc) is 2.56. The van der Waals surface area contributed by atoms with Gasteiger partial charge in [-0.1, -0.05) is 17.7 Å². The molecule has 1 aliphatic rings. The van der Waals surface area contributed by atoms with E-state index in [9.17, 15) is 22.8 Å². The molecular weight excluding hydrogens is 297 g/mol. The number of nitrogens with zero attached hydrogens (tertiary/aromatic N) is 2. The van der Waals surface area contributed by atoms with Crippen molar-refractivity contribution in [1.82, 2.24) is 4.90 Å². The van der Waals surface area contributed by atoms with E-state index >= 15 is 0 Å². The molecule has 0 spiro atoms. The first-order valence-electron chi connectivity index (χ1n) is 5.64. The summed E-state index contributed by atoms with van der Waals surface area (Å²) < 4.78 is 36.9. The quantitative estimate of drug-likeness (QED) is 0.788. The van der Waals surface area contributed by atoms with Crippen LogP contribution >= 0.6 is 11.6 Å². The van der Waals surface area contributed by atoms with Crippen LogP contribution in [-0.4, -0.2) is 36.1 Å². The van der Waals surface area contributed by atoms with Gasteiger partial charge in [-0.15, -0.1) is 0 Å². The Hall–Kier alpha value is -1.76. The van der Waals surface area contributed by atoms with Crippen molar-refractivity contribution in [3.8, 4) is 0 Å². The number of carbonyl (C=O) groups is 2. The van der Waals surface area contributed by atoms with Crippen molar-refractivity contribution >= 4 is 29.2 Å². The molecule has 0 saturated carbocycles. The van der Waals surface area contributed by atoms with Crippen LogP contribution in [0.1, 0.15) is 5.56 Å². The molecule has 1 heterocycles. The van der Waals surface area contributed by atoms with E-state index < -0.39 is 31.2 Å². The number of carbonyl (C=O) groups excluding carboxylic acids is 2. The lowest BCUT2D eigenvalue weighted by Gasteiger charge is -2.18. The van der Waals surface area contributed by atoms with Gasteiger partial charge in [0, 0.05) is 5.02 Å². The van der Waals surface area contributed by atoms with Crippen molar-refractivity contribution in [2.75, 3.05) is 18.0 Å². The molecule has 3 amide bonds. The molecule has 108 valence electrons. The molecule has 0 atom stereocenters. The van der Waals surface area contributed by atoms with Crippen LogP contribution in [0.25, 0.3) is 0 Å². The van der Waals surface area contributed by atoms with Gasteiger partial charge in [0.2, 0.25) is 0 Å². The molecule has 1 fully saturated rings. The Labute approximate surface area is 117 Å². The second-order valence-electron chi connectivity index (χ2n) is 4.42. The fourth-order valence-electron chi connectivity index (χ4n) is 1.86. The summed E-state index contributed by atoms with van der Waals surface area (Å²) in [6.07, 6.45) is -4.54. The Balaban J connectivity index is 2.27. The van der Waals surface area contributed by atoms with Crippen LogP contribution in [0.4, 0.5) is 23.7 Å². The van der Waals surface area contributed by atoms with E-state index in [0.717, 1.165) is 5.56 Å². The highest BCUT2D eigenvalue weighted by Gasteiger charge is 2.42. The molecule has 20 heavy (non-hydrogen) atoms. The van der Waals surface area contributed by atoms with E-state index in [1.807, 2.05) is 0 Å². The SMILES string of the molecule is Cc1ccc(N2C(=O)CN(CC(F)(F)F)C2=O)cc1Cl. The number of anilines is 1. The molecule has 1 aliphatic heterocycles. The lowest BCUT2D eigenvalue weighted by Crippen LogP contribution is -2.38. The second-order valence-corrected chi connectivity index (χ2v) is 4.82. The van der Waals surface area contributed by atoms with Crippen molar-refractivity contribution in [2.45, 2.75) is 13.1 Å². The second kappa shape index (κ2) is 4.97. The summed E-state index contributed by atoms with van der Waals surface area (Å²) in [6.45, 7) is -0.312. The van der Waals surface area contributed by atoms with E-state index in [1.165, 1.54) is 12.1 Å². The summed E-state index contributed by atoms with van der Waals surface area (Å²) in [5.41, 5.74) is 0.905. The molecule has 1 aromatic carbocycles. The predicted octanol–water partition coefficient (Wildman–Crippen LogP) is 2.98. The third-order valence-electron chi connectivity index (χ3n) is 2.82. The molecule has 1 aromatic rings. The minimum atomic E-state index is -4.54. The molecule has 0 N–H and O–H groups in total. The number of benzene rings is 1. The third kappa shape index (κ3) is 2.87. The highest BCUT2D eigenvalue weighted by Crippen LogP contribution is 2.28. The zero-order valence-electron chi connectivity index (χ0n) is 10.4. The van der Waals surface area contributed by atoms with Gasteiger partial charge in [-0.25, -0.2) is 9.69 Å². The number of alkyl halides is 3. The Morgan fingerprint density at radius 2 is 1.95 bits per heavy atom. The van der Waals surface area contributed by atoms with Gasteiger partial charge < -0.3 is 4.90 Å². The normalized spacial score (nSPS) is 16.2. The molecule has 1 saturated heterocycles. The molecule has 0 aliphatic carbocycles. The predicted molar refractivity (Wildman–Crippen MR) is 66.7 cm³/mol. The number of amides is 3. The smallest absolute Gasteiger partial charge is 0.306 e. The van der Waals surface area contributed by atoms with Gasteiger partial charge >= 0.3 is 12.2 Å². The van der Waals surface area contributed by atoms with Crippen molar-refractivity contribution in [3.63, 3.8) is 0 Å². The first-order valence-corrected chi connectivity index (χ1v) is 6.01. The maximum absolute atomic E-state index is 12.3. The zero-order valence-corrected chi connectivity index (χ0v) is 11.1. The topological polar surface area (TPSA) is 40.6 Å². The van der Waals surface area contributed by atoms with E-state index in [1.54, 1.807) is 13.0 Å². The van der Waals surface area contributed by atoms with Crippen LogP contribution in [0, 0.1) is 6.92 Å². The number of imide groups is 1. The van der Waals surface area contributed by atoms with Crippen LogP contribution in [-0.2, 0) is 4.79 Å². The van der Waals surface area contributed by atoms with Crippen molar-refractivity contribution in [3.05, 3.63) is 28.8 Å². The highest BCUT2D eigenvalue weighted by atomic mass is 35.5. The maximum Gasteiger partial charge on any atom is 0.406 e. The van der Waals surface area contributed by atoms with Crippen molar-refractivity contribution in [1.29, 1.82) is 0 Å².